The van der Waals surface area contributed by atoms with Crippen LogP contribution in [0.1, 0.15) is 50.4 Å². The third kappa shape index (κ3) is 4.94. The number of amides is 2. The standard InChI is InChI=1S/C17H25N3O3/c1-17(2,3)18-16(23)13-7-8-14(21)20(11-13)12-15(22)19-9-5-4-6-10-19/h7-8,11H,4-6,9-10,12H2,1-3H3,(H,18,23). The average molecular weight is 319 g/mol. The average Bonchev–Trinajstić information content (AvgIpc) is 2.48. The van der Waals surface area contributed by atoms with Crippen LogP contribution >= 0.6 is 0 Å². The molecule has 0 saturated carbocycles. The van der Waals surface area contributed by atoms with Crippen LogP contribution in [0.3, 0.4) is 0 Å². The molecule has 1 fully saturated rings. The van der Waals surface area contributed by atoms with Gasteiger partial charge in [-0.3, -0.25) is 14.4 Å². The SMILES string of the molecule is CC(C)(C)NC(=O)c1ccc(=O)n(CC(=O)N2CCCCC2)c1. The lowest BCUT2D eigenvalue weighted by atomic mass is 10.1. The summed E-state index contributed by atoms with van der Waals surface area (Å²) in [5.41, 5.74) is -0.254. The van der Waals surface area contributed by atoms with Gasteiger partial charge in [-0.2, -0.15) is 0 Å². The van der Waals surface area contributed by atoms with Crippen LogP contribution in [0.25, 0.3) is 0 Å². The number of rotatable bonds is 3. The topological polar surface area (TPSA) is 71.4 Å². The number of nitrogens with zero attached hydrogens (tertiary/aromatic N) is 2. The van der Waals surface area contributed by atoms with Gasteiger partial charge in [0.15, 0.2) is 0 Å². The van der Waals surface area contributed by atoms with Crippen LogP contribution in [0, 0.1) is 0 Å². The lowest BCUT2D eigenvalue weighted by molar-refractivity contribution is -0.132. The largest absolute Gasteiger partial charge is 0.347 e. The van der Waals surface area contributed by atoms with Gasteiger partial charge < -0.3 is 14.8 Å². The maximum Gasteiger partial charge on any atom is 0.253 e. The van der Waals surface area contributed by atoms with Crippen LogP contribution in [-0.2, 0) is 11.3 Å². The quantitative estimate of drug-likeness (QED) is 0.915. The first-order valence-corrected chi connectivity index (χ1v) is 8.07. The fourth-order valence-corrected chi connectivity index (χ4v) is 2.59. The zero-order valence-corrected chi connectivity index (χ0v) is 14.1. The molecule has 0 radical (unpaired) electrons. The molecule has 2 rings (SSSR count). The summed E-state index contributed by atoms with van der Waals surface area (Å²) in [7, 11) is 0. The molecule has 6 nitrogen and oxygen atoms in total. The fraction of sp³-hybridized carbons (Fsp3) is 0.588. The minimum Gasteiger partial charge on any atom is -0.347 e. The van der Waals surface area contributed by atoms with Gasteiger partial charge in [-0.15, -0.1) is 0 Å². The minimum absolute atomic E-state index is 0.0184. The van der Waals surface area contributed by atoms with Crippen molar-refractivity contribution in [3.05, 3.63) is 34.2 Å². The van der Waals surface area contributed by atoms with E-state index in [-0.39, 0.29) is 29.5 Å². The van der Waals surface area contributed by atoms with E-state index in [0.29, 0.717) is 5.56 Å². The highest BCUT2D eigenvalue weighted by atomic mass is 16.2. The summed E-state index contributed by atoms with van der Waals surface area (Å²) in [5, 5.41) is 2.85. The Morgan fingerprint density at radius 3 is 2.39 bits per heavy atom. The molecule has 0 spiro atoms. The van der Waals surface area contributed by atoms with E-state index in [0.717, 1.165) is 32.4 Å². The molecule has 0 unspecified atom stereocenters. The number of carbonyl (C=O) groups is 2. The van der Waals surface area contributed by atoms with E-state index in [1.807, 2.05) is 20.8 Å². The van der Waals surface area contributed by atoms with Gasteiger partial charge in [0, 0.05) is 30.9 Å². The highest BCUT2D eigenvalue weighted by molar-refractivity contribution is 5.94. The molecule has 1 aromatic rings. The van der Waals surface area contributed by atoms with Gasteiger partial charge in [-0.1, -0.05) is 0 Å². The van der Waals surface area contributed by atoms with Crippen molar-refractivity contribution in [1.82, 2.24) is 14.8 Å². The van der Waals surface area contributed by atoms with Gasteiger partial charge in [-0.25, -0.2) is 0 Å². The van der Waals surface area contributed by atoms with Crippen LogP contribution in [-0.4, -0.2) is 39.9 Å². The molecule has 0 aliphatic carbocycles. The van der Waals surface area contributed by atoms with E-state index in [1.165, 1.54) is 22.9 Å². The normalized spacial score (nSPS) is 15.3. The Balaban J connectivity index is 2.12. The number of piperidine rings is 1. The van der Waals surface area contributed by atoms with Gasteiger partial charge in [0.2, 0.25) is 5.91 Å². The molecule has 1 aromatic heterocycles. The van der Waals surface area contributed by atoms with Crippen molar-refractivity contribution in [2.24, 2.45) is 0 Å². The highest BCUT2D eigenvalue weighted by Gasteiger charge is 2.19. The van der Waals surface area contributed by atoms with Crippen LogP contribution in [0.15, 0.2) is 23.1 Å². The highest BCUT2D eigenvalue weighted by Crippen LogP contribution is 2.09. The van der Waals surface area contributed by atoms with Gasteiger partial charge in [0.25, 0.3) is 11.5 Å². The van der Waals surface area contributed by atoms with Crippen LogP contribution in [0.4, 0.5) is 0 Å². The number of carbonyl (C=O) groups excluding carboxylic acids is 2. The molecule has 1 aliphatic heterocycles. The zero-order valence-electron chi connectivity index (χ0n) is 14.1. The number of nitrogens with one attached hydrogen (secondary N) is 1. The Labute approximate surface area is 136 Å². The first kappa shape index (κ1) is 17.2. The molecule has 1 N–H and O–H groups in total. The Bertz CT molecular complexity index is 637. The second kappa shape index (κ2) is 6.98. The predicted octanol–water partition coefficient (Wildman–Crippen LogP) is 1.39. The Hall–Kier alpha value is -2.11. The number of hydrogen-bond acceptors (Lipinski definition) is 3. The molecule has 6 heteroatoms. The molecule has 1 saturated heterocycles. The van der Waals surface area contributed by atoms with Gasteiger partial charge in [0.1, 0.15) is 6.54 Å². The molecule has 0 aromatic carbocycles. The monoisotopic (exact) mass is 319 g/mol. The molecule has 23 heavy (non-hydrogen) atoms. The predicted molar refractivity (Wildman–Crippen MR) is 88.4 cm³/mol. The van der Waals surface area contributed by atoms with Crippen LogP contribution in [0.2, 0.25) is 0 Å². The smallest absolute Gasteiger partial charge is 0.253 e. The second-order valence-corrected chi connectivity index (χ2v) is 7.03. The summed E-state index contributed by atoms with van der Waals surface area (Å²) in [4.78, 5) is 38.2. The summed E-state index contributed by atoms with van der Waals surface area (Å²) < 4.78 is 1.31. The lowest BCUT2D eigenvalue weighted by Gasteiger charge is -2.27. The van der Waals surface area contributed by atoms with Crippen molar-refractivity contribution >= 4 is 11.8 Å². The van der Waals surface area contributed by atoms with E-state index in [4.69, 9.17) is 0 Å². The van der Waals surface area contributed by atoms with Crippen LogP contribution in [0.5, 0.6) is 0 Å². The second-order valence-electron chi connectivity index (χ2n) is 7.03. The molecule has 126 valence electrons. The van der Waals surface area contributed by atoms with Crippen molar-refractivity contribution < 1.29 is 9.59 Å². The Kier molecular flexibility index (Phi) is 5.23. The van der Waals surface area contributed by atoms with Gasteiger partial charge in [-0.05, 0) is 46.1 Å². The van der Waals surface area contributed by atoms with Gasteiger partial charge in [0.05, 0.1) is 5.56 Å². The van der Waals surface area contributed by atoms with Crippen molar-refractivity contribution in [3.63, 3.8) is 0 Å². The lowest BCUT2D eigenvalue weighted by Crippen LogP contribution is -2.42. The van der Waals surface area contributed by atoms with E-state index in [1.54, 1.807) is 4.90 Å². The van der Waals surface area contributed by atoms with E-state index in [9.17, 15) is 14.4 Å². The third-order valence-corrected chi connectivity index (χ3v) is 3.75. The van der Waals surface area contributed by atoms with E-state index < -0.39 is 0 Å². The maximum absolute atomic E-state index is 12.3. The molecule has 0 atom stereocenters. The van der Waals surface area contributed by atoms with E-state index >= 15 is 0 Å². The Morgan fingerprint density at radius 2 is 1.78 bits per heavy atom. The molecular weight excluding hydrogens is 294 g/mol. The van der Waals surface area contributed by atoms with Crippen molar-refractivity contribution in [1.29, 1.82) is 0 Å². The summed E-state index contributed by atoms with van der Waals surface area (Å²) in [5.74, 6) is -0.322. The summed E-state index contributed by atoms with van der Waals surface area (Å²) in [6.07, 6.45) is 4.63. The van der Waals surface area contributed by atoms with Crippen molar-refractivity contribution in [2.75, 3.05) is 13.1 Å². The molecule has 2 heterocycles. The molecule has 0 bridgehead atoms. The number of hydrogen-bond donors (Lipinski definition) is 1. The summed E-state index contributed by atoms with van der Waals surface area (Å²) >= 11 is 0. The fourth-order valence-electron chi connectivity index (χ4n) is 2.59. The molecular formula is C17H25N3O3. The third-order valence-electron chi connectivity index (χ3n) is 3.75. The van der Waals surface area contributed by atoms with Crippen LogP contribution < -0.4 is 10.9 Å². The maximum atomic E-state index is 12.3. The summed E-state index contributed by atoms with van der Waals surface area (Å²) in [6, 6.07) is 2.83. The number of aromatic nitrogens is 1. The number of likely N-dealkylation sites (tertiary alicyclic amines) is 1. The number of pyridine rings is 1. The summed E-state index contributed by atoms with van der Waals surface area (Å²) in [6.45, 7) is 7.15. The van der Waals surface area contributed by atoms with E-state index in [2.05, 4.69) is 5.32 Å². The first-order chi connectivity index (χ1) is 10.8. The van der Waals surface area contributed by atoms with Gasteiger partial charge >= 0.3 is 0 Å². The van der Waals surface area contributed by atoms with Crippen molar-refractivity contribution in [2.45, 2.75) is 52.1 Å². The zero-order chi connectivity index (χ0) is 17.0. The minimum atomic E-state index is -0.359. The molecule has 1 aliphatic rings. The first-order valence-electron chi connectivity index (χ1n) is 8.07. The molecule has 2 amide bonds. The van der Waals surface area contributed by atoms with Crippen molar-refractivity contribution in [3.8, 4) is 0 Å². The Morgan fingerprint density at radius 1 is 1.13 bits per heavy atom.